The maximum absolute atomic E-state index is 13.2. The van der Waals surface area contributed by atoms with Crippen LogP contribution in [0.25, 0.3) is 0 Å². The minimum Gasteiger partial charge on any atom is -0.497 e. The normalized spacial score (nSPS) is 9.98. The summed E-state index contributed by atoms with van der Waals surface area (Å²) in [6, 6.07) is 21.2. The van der Waals surface area contributed by atoms with Gasteiger partial charge in [-0.25, -0.2) is 4.79 Å². The number of hydrogen-bond acceptors (Lipinski definition) is 5. The first-order chi connectivity index (χ1) is 20.2. The number of methoxy groups -OCH3 is 1. The van der Waals surface area contributed by atoms with Crippen LogP contribution in [0.1, 0.15) is 52.6 Å². The Balaban J connectivity index is 1.69. The van der Waals surface area contributed by atoms with E-state index in [4.69, 9.17) is 17.6 Å². The summed E-state index contributed by atoms with van der Waals surface area (Å²) in [6.45, 7) is 0. The number of nitrogens with one attached hydrogen (secondary N) is 3. The van der Waals surface area contributed by atoms with Crippen molar-refractivity contribution in [2.45, 2.75) is 0 Å². The molecule has 9 heteroatoms. The Bertz CT molecular complexity index is 1690. The van der Waals surface area contributed by atoms with E-state index in [9.17, 15) is 24.3 Å². The molecule has 4 N–H and O–H groups in total. The van der Waals surface area contributed by atoms with Gasteiger partial charge in [0.05, 0.1) is 18.2 Å². The summed E-state index contributed by atoms with van der Waals surface area (Å²) in [5.41, 5.74) is 1.90. The third-order valence-electron chi connectivity index (χ3n) is 6.04. The van der Waals surface area contributed by atoms with Gasteiger partial charge in [0.1, 0.15) is 5.75 Å². The van der Waals surface area contributed by atoms with Crippen LogP contribution in [0.15, 0.2) is 84.9 Å². The molecule has 0 saturated heterocycles. The molecule has 4 aromatic rings. The molecule has 0 aliphatic heterocycles. The summed E-state index contributed by atoms with van der Waals surface area (Å²) < 4.78 is 5.13. The largest absolute Gasteiger partial charge is 0.497 e. The van der Waals surface area contributed by atoms with Gasteiger partial charge in [0.25, 0.3) is 17.7 Å². The second-order valence-corrected chi connectivity index (χ2v) is 8.82. The van der Waals surface area contributed by atoms with Gasteiger partial charge in [-0.05, 0) is 84.9 Å². The van der Waals surface area contributed by atoms with Crippen LogP contribution in [0.5, 0.6) is 5.75 Å². The molecule has 0 bridgehead atoms. The molecule has 0 heterocycles. The molecule has 0 aliphatic carbocycles. The number of carbonyl (C=O) groups is 4. The standard InChI is InChI=1S/C33H23N3O6/c1-4-20-6-10-24(11-7-20)34-30(37)22-16-23(31(38)35-25-12-8-21(5-2)9-13-25)18-26(17-22)36-32(39)29-19-27(42-3)14-15-28(29)33(40)41/h1-2,6-19H,3H3,(H,34,37)(H,35,38)(H,36,39)(H,40,41). The number of carboxylic acid groups (broad SMARTS) is 1. The van der Waals surface area contributed by atoms with Gasteiger partial charge in [-0.15, -0.1) is 12.8 Å². The first kappa shape index (κ1) is 28.7. The lowest BCUT2D eigenvalue weighted by Gasteiger charge is -2.13. The van der Waals surface area contributed by atoms with E-state index in [2.05, 4.69) is 27.8 Å². The molecular weight excluding hydrogens is 534 g/mol. The molecular formula is C33H23N3O6. The highest BCUT2D eigenvalue weighted by atomic mass is 16.5. The molecule has 0 aliphatic rings. The van der Waals surface area contributed by atoms with Crippen molar-refractivity contribution >= 4 is 40.8 Å². The quantitative estimate of drug-likeness (QED) is 0.223. The summed E-state index contributed by atoms with van der Waals surface area (Å²) in [7, 11) is 1.38. The number of carbonyl (C=O) groups excluding carboxylic acids is 3. The van der Waals surface area contributed by atoms with Gasteiger partial charge < -0.3 is 25.8 Å². The molecule has 4 rings (SSSR count). The molecule has 0 saturated carbocycles. The molecule has 206 valence electrons. The van der Waals surface area contributed by atoms with Crippen LogP contribution in [-0.2, 0) is 0 Å². The molecule has 0 atom stereocenters. The third kappa shape index (κ3) is 6.81. The minimum absolute atomic E-state index is 0.0470. The van der Waals surface area contributed by atoms with Gasteiger partial charge in [0.2, 0.25) is 0 Å². The van der Waals surface area contributed by atoms with E-state index in [1.54, 1.807) is 48.5 Å². The number of carboxylic acids is 1. The fourth-order valence-corrected chi connectivity index (χ4v) is 3.89. The van der Waals surface area contributed by atoms with Gasteiger partial charge >= 0.3 is 5.97 Å². The van der Waals surface area contributed by atoms with Crippen molar-refractivity contribution in [3.05, 3.63) is 118 Å². The van der Waals surface area contributed by atoms with Gasteiger partial charge in [0.15, 0.2) is 0 Å². The van der Waals surface area contributed by atoms with Crippen LogP contribution < -0.4 is 20.7 Å². The maximum atomic E-state index is 13.2. The monoisotopic (exact) mass is 557 g/mol. The van der Waals surface area contributed by atoms with Crippen LogP contribution in [0.3, 0.4) is 0 Å². The average molecular weight is 558 g/mol. The van der Waals surface area contributed by atoms with Crippen LogP contribution >= 0.6 is 0 Å². The number of aromatic carboxylic acids is 1. The third-order valence-corrected chi connectivity index (χ3v) is 6.04. The Morgan fingerprint density at radius 1 is 0.619 bits per heavy atom. The zero-order chi connectivity index (χ0) is 30.2. The Kier molecular flexibility index (Phi) is 8.67. The van der Waals surface area contributed by atoms with Gasteiger partial charge in [-0.3, -0.25) is 14.4 Å². The molecule has 0 aromatic heterocycles. The lowest BCUT2D eigenvalue weighted by atomic mass is 10.0. The Labute approximate surface area is 241 Å². The number of anilines is 3. The van der Waals surface area contributed by atoms with Crippen molar-refractivity contribution < 1.29 is 29.0 Å². The van der Waals surface area contributed by atoms with Crippen LogP contribution in [0.4, 0.5) is 17.1 Å². The molecule has 0 unspecified atom stereocenters. The second-order valence-electron chi connectivity index (χ2n) is 8.82. The van der Waals surface area contributed by atoms with E-state index >= 15 is 0 Å². The van der Waals surface area contributed by atoms with E-state index in [1.807, 2.05) is 0 Å². The van der Waals surface area contributed by atoms with Gasteiger partial charge in [-0.1, -0.05) is 11.8 Å². The van der Waals surface area contributed by atoms with Gasteiger partial charge in [-0.2, -0.15) is 0 Å². The minimum atomic E-state index is -1.32. The highest BCUT2D eigenvalue weighted by Gasteiger charge is 2.20. The number of amides is 3. The van der Waals surface area contributed by atoms with Crippen molar-refractivity contribution in [1.82, 2.24) is 0 Å². The Hall–Kier alpha value is -6.32. The SMILES string of the molecule is C#Cc1ccc(NC(=O)c2cc(NC(=O)c3cc(OC)ccc3C(=O)O)cc(C(=O)Nc3ccc(C#C)cc3)c2)cc1. The molecule has 9 nitrogen and oxygen atoms in total. The van der Waals surface area contributed by atoms with Crippen molar-refractivity contribution in [1.29, 1.82) is 0 Å². The average Bonchev–Trinajstić information content (AvgIpc) is 3.01. The van der Waals surface area contributed by atoms with E-state index in [0.29, 0.717) is 22.5 Å². The Morgan fingerprint density at radius 3 is 1.52 bits per heavy atom. The predicted octanol–water partition coefficient (Wildman–Crippen LogP) is 5.11. The molecule has 3 amide bonds. The highest BCUT2D eigenvalue weighted by Crippen LogP contribution is 2.23. The second kappa shape index (κ2) is 12.7. The maximum Gasteiger partial charge on any atom is 0.336 e. The lowest BCUT2D eigenvalue weighted by Crippen LogP contribution is -2.19. The van der Waals surface area contributed by atoms with Crippen LogP contribution in [0, 0.1) is 24.7 Å². The van der Waals surface area contributed by atoms with E-state index < -0.39 is 23.7 Å². The number of rotatable bonds is 8. The predicted molar refractivity (Wildman–Crippen MR) is 159 cm³/mol. The number of ether oxygens (including phenoxy) is 1. The summed E-state index contributed by atoms with van der Waals surface area (Å²) in [6.07, 6.45) is 10.8. The van der Waals surface area contributed by atoms with E-state index in [1.165, 1.54) is 43.5 Å². The van der Waals surface area contributed by atoms with Gasteiger partial charge in [0, 0.05) is 39.3 Å². The smallest absolute Gasteiger partial charge is 0.336 e. The zero-order valence-corrected chi connectivity index (χ0v) is 22.2. The van der Waals surface area contributed by atoms with Crippen LogP contribution in [0.2, 0.25) is 0 Å². The molecule has 0 spiro atoms. The Morgan fingerprint density at radius 2 is 1.10 bits per heavy atom. The van der Waals surface area contributed by atoms with Crippen molar-refractivity contribution in [2.75, 3.05) is 23.1 Å². The molecule has 42 heavy (non-hydrogen) atoms. The van der Waals surface area contributed by atoms with E-state index in [-0.39, 0.29) is 33.7 Å². The highest BCUT2D eigenvalue weighted by molar-refractivity contribution is 6.13. The van der Waals surface area contributed by atoms with E-state index in [0.717, 1.165) is 0 Å². The first-order valence-electron chi connectivity index (χ1n) is 12.3. The summed E-state index contributed by atoms with van der Waals surface area (Å²) in [5, 5.41) is 17.6. The molecule has 4 aromatic carbocycles. The van der Waals surface area contributed by atoms with Crippen LogP contribution in [-0.4, -0.2) is 35.9 Å². The number of benzene rings is 4. The van der Waals surface area contributed by atoms with Crippen molar-refractivity contribution in [2.24, 2.45) is 0 Å². The fourth-order valence-electron chi connectivity index (χ4n) is 3.89. The summed E-state index contributed by atoms with van der Waals surface area (Å²) in [4.78, 5) is 51.4. The summed E-state index contributed by atoms with van der Waals surface area (Å²) >= 11 is 0. The zero-order valence-electron chi connectivity index (χ0n) is 22.2. The van der Waals surface area contributed by atoms with Crippen molar-refractivity contribution in [3.8, 4) is 30.4 Å². The first-order valence-corrected chi connectivity index (χ1v) is 12.3. The number of terminal acetylenes is 2. The van der Waals surface area contributed by atoms with Crippen molar-refractivity contribution in [3.63, 3.8) is 0 Å². The fraction of sp³-hybridized carbons (Fsp3) is 0.0303. The number of hydrogen-bond donors (Lipinski definition) is 4. The molecule has 0 radical (unpaired) electrons. The lowest BCUT2D eigenvalue weighted by molar-refractivity contribution is 0.0692. The summed E-state index contributed by atoms with van der Waals surface area (Å²) in [5.74, 6) is 2.01. The topological polar surface area (TPSA) is 134 Å². The molecule has 0 fully saturated rings.